The van der Waals surface area contributed by atoms with E-state index in [1.54, 1.807) is 0 Å². The first-order chi connectivity index (χ1) is 7.39. The van der Waals surface area contributed by atoms with Crippen LogP contribution < -0.4 is 11.1 Å². The summed E-state index contributed by atoms with van der Waals surface area (Å²) in [6.45, 7) is 2.43. The van der Waals surface area contributed by atoms with Gasteiger partial charge in [0.1, 0.15) is 0 Å². The van der Waals surface area contributed by atoms with Crippen LogP contribution >= 0.6 is 11.3 Å². The summed E-state index contributed by atoms with van der Waals surface area (Å²) in [5.74, 6) is 0. The van der Waals surface area contributed by atoms with Crippen LogP contribution in [-0.4, -0.2) is 22.8 Å². The summed E-state index contributed by atoms with van der Waals surface area (Å²) in [5, 5.41) is 8.51. The Labute approximate surface area is 95.1 Å². The van der Waals surface area contributed by atoms with Gasteiger partial charge in [0.15, 0.2) is 0 Å². The molecule has 0 amide bonds. The lowest BCUT2D eigenvalue weighted by atomic mass is 10.2. The number of hydrogen-bond donors (Lipinski definition) is 2. The molecule has 0 aliphatic heterocycles. The predicted molar refractivity (Wildman–Crippen MR) is 56.3 cm³/mol. The molecule has 1 rings (SSSR count). The van der Waals surface area contributed by atoms with Gasteiger partial charge in [-0.1, -0.05) is 11.3 Å². The Hall–Kier alpha value is -0.890. The number of anilines is 1. The average molecular weight is 254 g/mol. The van der Waals surface area contributed by atoms with E-state index in [1.165, 1.54) is 0 Å². The highest BCUT2D eigenvalue weighted by Gasteiger charge is 2.35. The maximum absolute atomic E-state index is 12.2. The number of halogens is 3. The fourth-order valence-electron chi connectivity index (χ4n) is 1.03. The molecule has 3 N–H and O–H groups in total. The van der Waals surface area contributed by atoms with E-state index in [9.17, 15) is 13.2 Å². The maximum Gasteiger partial charge on any atom is 0.445 e. The Kier molecular flexibility index (Phi) is 4.48. The lowest BCUT2D eigenvalue weighted by molar-refractivity contribution is -0.138. The highest BCUT2D eigenvalue weighted by atomic mass is 32.1. The molecule has 1 aromatic heterocycles. The number of nitrogens with zero attached hydrogens (tertiary/aromatic N) is 2. The van der Waals surface area contributed by atoms with Crippen LogP contribution in [0, 0.1) is 0 Å². The standard InChI is InChI=1S/C8H13F3N4S/c1-5(12)3-2-4-13-7-15-14-6(16-7)8(9,10)11/h5H,2-4,12H2,1H3,(H,13,15). The van der Waals surface area contributed by atoms with Crippen LogP contribution in [0.25, 0.3) is 0 Å². The van der Waals surface area contributed by atoms with Crippen molar-refractivity contribution in [2.75, 3.05) is 11.9 Å². The second kappa shape index (κ2) is 5.44. The number of aromatic nitrogens is 2. The van der Waals surface area contributed by atoms with Gasteiger partial charge in [0.05, 0.1) is 0 Å². The van der Waals surface area contributed by atoms with E-state index in [4.69, 9.17) is 5.73 Å². The first kappa shape index (κ1) is 13.2. The average Bonchev–Trinajstić information content (AvgIpc) is 2.59. The monoisotopic (exact) mass is 254 g/mol. The molecule has 8 heteroatoms. The van der Waals surface area contributed by atoms with Gasteiger partial charge in [-0.2, -0.15) is 13.2 Å². The predicted octanol–water partition coefficient (Wildman–Crippen LogP) is 2.10. The van der Waals surface area contributed by atoms with Crippen molar-refractivity contribution in [1.82, 2.24) is 10.2 Å². The van der Waals surface area contributed by atoms with Crippen LogP contribution in [0.1, 0.15) is 24.8 Å². The Bertz CT molecular complexity index is 323. The van der Waals surface area contributed by atoms with Gasteiger partial charge in [-0.3, -0.25) is 0 Å². The van der Waals surface area contributed by atoms with Gasteiger partial charge in [0.25, 0.3) is 0 Å². The van der Waals surface area contributed by atoms with E-state index in [1.807, 2.05) is 6.92 Å². The molecule has 0 spiro atoms. The molecule has 0 saturated carbocycles. The van der Waals surface area contributed by atoms with E-state index in [-0.39, 0.29) is 11.2 Å². The molecule has 0 aliphatic carbocycles. The summed E-state index contributed by atoms with van der Waals surface area (Å²) in [6, 6.07) is 0.0990. The van der Waals surface area contributed by atoms with E-state index in [0.29, 0.717) is 17.9 Å². The first-order valence-corrected chi connectivity index (χ1v) is 5.61. The summed E-state index contributed by atoms with van der Waals surface area (Å²) < 4.78 is 36.5. The molecule has 4 nitrogen and oxygen atoms in total. The minimum absolute atomic E-state index is 0.0990. The van der Waals surface area contributed by atoms with Crippen LogP contribution in [0.5, 0.6) is 0 Å². The molecule has 0 aromatic carbocycles. The SMILES string of the molecule is CC(N)CCCNc1nnc(C(F)(F)F)s1. The number of alkyl halides is 3. The lowest BCUT2D eigenvalue weighted by Gasteiger charge is -2.04. The summed E-state index contributed by atoms with van der Waals surface area (Å²) in [7, 11) is 0. The van der Waals surface area contributed by atoms with Crippen molar-refractivity contribution < 1.29 is 13.2 Å². The fourth-order valence-corrected chi connectivity index (χ4v) is 1.66. The maximum atomic E-state index is 12.2. The second-order valence-electron chi connectivity index (χ2n) is 3.46. The Balaban J connectivity index is 2.36. The molecule has 1 heterocycles. The highest BCUT2D eigenvalue weighted by Crippen LogP contribution is 2.32. The van der Waals surface area contributed by atoms with E-state index < -0.39 is 11.2 Å². The number of nitrogens with two attached hydrogens (primary N) is 1. The number of nitrogens with one attached hydrogen (secondary N) is 1. The summed E-state index contributed by atoms with van der Waals surface area (Å²) in [6.07, 6.45) is -2.81. The third-order valence-corrected chi connectivity index (χ3v) is 2.71. The summed E-state index contributed by atoms with van der Waals surface area (Å²) in [5.41, 5.74) is 5.53. The molecule has 0 radical (unpaired) electrons. The van der Waals surface area contributed by atoms with Crippen LogP contribution in [0.3, 0.4) is 0 Å². The number of hydrogen-bond acceptors (Lipinski definition) is 5. The van der Waals surface area contributed by atoms with E-state index >= 15 is 0 Å². The van der Waals surface area contributed by atoms with Gasteiger partial charge in [0.2, 0.25) is 10.1 Å². The third kappa shape index (κ3) is 4.31. The largest absolute Gasteiger partial charge is 0.445 e. The van der Waals surface area contributed by atoms with Crippen molar-refractivity contribution in [3.8, 4) is 0 Å². The van der Waals surface area contributed by atoms with E-state index in [2.05, 4.69) is 15.5 Å². The van der Waals surface area contributed by atoms with Crippen LogP contribution in [0.15, 0.2) is 0 Å². The Morgan fingerprint density at radius 2 is 2.12 bits per heavy atom. The summed E-state index contributed by atoms with van der Waals surface area (Å²) >= 11 is 0.509. The molecular weight excluding hydrogens is 241 g/mol. The number of rotatable bonds is 5. The smallest absolute Gasteiger partial charge is 0.360 e. The highest BCUT2D eigenvalue weighted by molar-refractivity contribution is 7.15. The minimum Gasteiger partial charge on any atom is -0.360 e. The molecular formula is C8H13F3N4S. The second-order valence-corrected chi connectivity index (χ2v) is 4.43. The van der Waals surface area contributed by atoms with Crippen LogP contribution in [-0.2, 0) is 6.18 Å². The van der Waals surface area contributed by atoms with Crippen molar-refractivity contribution >= 4 is 16.5 Å². The zero-order valence-corrected chi connectivity index (χ0v) is 9.53. The molecule has 0 saturated heterocycles. The lowest BCUT2D eigenvalue weighted by Crippen LogP contribution is -2.16. The topological polar surface area (TPSA) is 63.8 Å². The Morgan fingerprint density at radius 1 is 1.44 bits per heavy atom. The molecule has 1 aromatic rings. The summed E-state index contributed by atoms with van der Waals surface area (Å²) in [4.78, 5) is 0. The minimum atomic E-state index is -4.41. The molecule has 92 valence electrons. The van der Waals surface area contributed by atoms with Gasteiger partial charge in [-0.05, 0) is 19.8 Å². The van der Waals surface area contributed by atoms with Crippen molar-refractivity contribution in [2.24, 2.45) is 5.73 Å². The molecule has 0 fully saturated rings. The fraction of sp³-hybridized carbons (Fsp3) is 0.750. The zero-order chi connectivity index (χ0) is 12.2. The van der Waals surface area contributed by atoms with Crippen molar-refractivity contribution in [2.45, 2.75) is 32.0 Å². The van der Waals surface area contributed by atoms with Gasteiger partial charge in [-0.15, -0.1) is 10.2 Å². The van der Waals surface area contributed by atoms with Crippen molar-refractivity contribution in [1.29, 1.82) is 0 Å². The van der Waals surface area contributed by atoms with Gasteiger partial charge in [-0.25, -0.2) is 0 Å². The van der Waals surface area contributed by atoms with Crippen LogP contribution in [0.2, 0.25) is 0 Å². The molecule has 1 atom stereocenters. The van der Waals surface area contributed by atoms with Gasteiger partial charge < -0.3 is 11.1 Å². The normalized spacial score (nSPS) is 13.8. The molecule has 16 heavy (non-hydrogen) atoms. The third-order valence-electron chi connectivity index (χ3n) is 1.78. The Morgan fingerprint density at radius 3 is 2.62 bits per heavy atom. The quantitative estimate of drug-likeness (QED) is 0.790. The van der Waals surface area contributed by atoms with Crippen LogP contribution in [0.4, 0.5) is 18.3 Å². The molecule has 1 unspecified atom stereocenters. The zero-order valence-electron chi connectivity index (χ0n) is 8.71. The first-order valence-electron chi connectivity index (χ1n) is 4.79. The molecule has 0 bridgehead atoms. The van der Waals surface area contributed by atoms with Gasteiger partial charge >= 0.3 is 6.18 Å². The van der Waals surface area contributed by atoms with Gasteiger partial charge in [0, 0.05) is 12.6 Å². The van der Waals surface area contributed by atoms with Crippen molar-refractivity contribution in [3.63, 3.8) is 0 Å². The van der Waals surface area contributed by atoms with E-state index in [0.717, 1.165) is 12.8 Å². The van der Waals surface area contributed by atoms with Crippen molar-refractivity contribution in [3.05, 3.63) is 5.01 Å². The molecule has 0 aliphatic rings.